The van der Waals surface area contributed by atoms with Gasteiger partial charge in [0.25, 0.3) is 5.91 Å². The molecule has 3 rings (SSSR count). The minimum Gasteiger partial charge on any atom is -0.480 e. The van der Waals surface area contributed by atoms with E-state index < -0.39 is 12.1 Å². The lowest BCUT2D eigenvalue weighted by Gasteiger charge is -2.41. The molecule has 0 saturated carbocycles. The van der Waals surface area contributed by atoms with Crippen molar-refractivity contribution in [2.45, 2.75) is 45.0 Å². The van der Waals surface area contributed by atoms with E-state index in [9.17, 15) is 9.90 Å². The Hall–Kier alpha value is -2.66. The third-order valence-electron chi connectivity index (χ3n) is 4.98. The molecule has 0 bridgehead atoms. The van der Waals surface area contributed by atoms with Crippen LogP contribution in [0.4, 0.5) is 0 Å². The maximum atomic E-state index is 13.3. The zero-order valence-corrected chi connectivity index (χ0v) is 15.9. The van der Waals surface area contributed by atoms with Crippen molar-refractivity contribution in [3.8, 4) is 0 Å². The number of hydrogen-bond donors (Lipinski definition) is 1. The Bertz CT molecular complexity index is 792. The summed E-state index contributed by atoms with van der Waals surface area (Å²) < 4.78 is 5.72. The van der Waals surface area contributed by atoms with E-state index >= 15 is 0 Å². The number of aliphatic hydroxyl groups is 1. The number of benzene rings is 2. The van der Waals surface area contributed by atoms with Crippen molar-refractivity contribution < 1.29 is 14.6 Å². The average Bonchev–Trinajstić information content (AvgIpc) is 2.71. The molecule has 1 aliphatic rings. The standard InChI is InChI=1S/C22H26N2O3/c1-4-27-21-16(3)24(15(2)17-11-7-5-8-12-17)22(26)19(23-21)20(25)18-13-9-6-10-14-18/h5-16,19-20,25H,4H2,1-3H3/t15-,16+,19-,20-/m0/s1. The molecule has 1 N–H and O–H groups in total. The smallest absolute Gasteiger partial charge is 0.251 e. The van der Waals surface area contributed by atoms with E-state index in [1.165, 1.54) is 0 Å². The maximum absolute atomic E-state index is 13.3. The summed E-state index contributed by atoms with van der Waals surface area (Å²) in [7, 11) is 0. The molecule has 27 heavy (non-hydrogen) atoms. The van der Waals surface area contributed by atoms with Gasteiger partial charge in [0.05, 0.1) is 12.6 Å². The van der Waals surface area contributed by atoms with Gasteiger partial charge < -0.3 is 14.7 Å². The van der Waals surface area contributed by atoms with Crippen molar-refractivity contribution in [3.05, 3.63) is 71.8 Å². The third kappa shape index (κ3) is 3.88. The highest BCUT2D eigenvalue weighted by molar-refractivity contribution is 5.96. The number of ether oxygens (including phenoxy) is 1. The molecule has 2 aromatic rings. The summed E-state index contributed by atoms with van der Waals surface area (Å²) in [5, 5.41) is 10.8. The fourth-order valence-electron chi connectivity index (χ4n) is 3.53. The SMILES string of the molecule is CCOC1=N[C@@H]([C@@H](O)c2ccccc2)C(=O)N([C@@H](C)c2ccccc2)[C@@H]1C. The van der Waals surface area contributed by atoms with Crippen LogP contribution in [0.5, 0.6) is 0 Å². The second-order valence-corrected chi connectivity index (χ2v) is 6.71. The lowest BCUT2D eigenvalue weighted by molar-refractivity contribution is -0.140. The van der Waals surface area contributed by atoms with Gasteiger partial charge in [-0.3, -0.25) is 4.79 Å². The number of amides is 1. The van der Waals surface area contributed by atoms with E-state index in [-0.39, 0.29) is 18.0 Å². The molecule has 1 heterocycles. The molecular weight excluding hydrogens is 340 g/mol. The first-order valence-electron chi connectivity index (χ1n) is 9.35. The van der Waals surface area contributed by atoms with Crippen LogP contribution in [0.15, 0.2) is 65.7 Å². The first kappa shape index (κ1) is 19.1. The molecule has 1 amide bonds. The van der Waals surface area contributed by atoms with Gasteiger partial charge in [0.2, 0.25) is 5.90 Å². The minimum atomic E-state index is -1.02. The van der Waals surface area contributed by atoms with Crippen LogP contribution < -0.4 is 0 Å². The molecule has 0 unspecified atom stereocenters. The van der Waals surface area contributed by atoms with E-state index in [4.69, 9.17) is 4.74 Å². The minimum absolute atomic E-state index is 0.162. The number of carbonyl (C=O) groups is 1. The van der Waals surface area contributed by atoms with E-state index in [0.717, 1.165) is 5.56 Å². The molecule has 0 radical (unpaired) electrons. The molecule has 0 spiro atoms. The molecule has 5 nitrogen and oxygen atoms in total. The van der Waals surface area contributed by atoms with Gasteiger partial charge >= 0.3 is 0 Å². The molecule has 1 aliphatic heterocycles. The van der Waals surface area contributed by atoms with Gasteiger partial charge in [-0.1, -0.05) is 60.7 Å². The van der Waals surface area contributed by atoms with Crippen LogP contribution >= 0.6 is 0 Å². The lowest BCUT2D eigenvalue weighted by atomic mass is 9.96. The third-order valence-corrected chi connectivity index (χ3v) is 4.98. The number of aliphatic hydroxyl groups excluding tert-OH is 1. The summed E-state index contributed by atoms with van der Waals surface area (Å²) in [5.74, 6) is 0.290. The van der Waals surface area contributed by atoms with Crippen molar-refractivity contribution in [1.82, 2.24) is 4.90 Å². The lowest BCUT2D eigenvalue weighted by Crippen LogP contribution is -2.54. The first-order chi connectivity index (χ1) is 13.0. The number of hydrogen-bond acceptors (Lipinski definition) is 4. The van der Waals surface area contributed by atoms with Gasteiger partial charge in [0, 0.05) is 0 Å². The topological polar surface area (TPSA) is 62.1 Å². The largest absolute Gasteiger partial charge is 0.480 e. The number of carbonyl (C=O) groups excluding carboxylic acids is 1. The normalized spacial score (nSPS) is 22.1. The van der Waals surface area contributed by atoms with Crippen LogP contribution in [0.3, 0.4) is 0 Å². The monoisotopic (exact) mass is 366 g/mol. The Morgan fingerprint density at radius 3 is 2.19 bits per heavy atom. The molecule has 2 aromatic carbocycles. The average molecular weight is 366 g/mol. The summed E-state index contributed by atoms with van der Waals surface area (Å²) in [5.41, 5.74) is 1.70. The summed E-state index contributed by atoms with van der Waals surface area (Å²) >= 11 is 0. The predicted octanol–water partition coefficient (Wildman–Crippen LogP) is 3.52. The molecule has 0 aliphatic carbocycles. The van der Waals surface area contributed by atoms with Crippen LogP contribution in [0.1, 0.15) is 44.0 Å². The van der Waals surface area contributed by atoms with E-state index in [0.29, 0.717) is 18.1 Å². The Labute approximate surface area is 160 Å². The number of rotatable bonds is 5. The molecule has 0 saturated heterocycles. The second-order valence-electron chi connectivity index (χ2n) is 6.71. The van der Waals surface area contributed by atoms with Crippen LogP contribution in [0.2, 0.25) is 0 Å². The molecular formula is C22H26N2O3. The Balaban J connectivity index is 1.97. The zero-order valence-electron chi connectivity index (χ0n) is 15.9. The summed E-state index contributed by atoms with van der Waals surface area (Å²) in [4.78, 5) is 19.6. The van der Waals surface area contributed by atoms with E-state index in [2.05, 4.69) is 4.99 Å². The van der Waals surface area contributed by atoms with E-state index in [1.54, 1.807) is 17.0 Å². The summed E-state index contributed by atoms with van der Waals surface area (Å²) in [6, 6.07) is 17.6. The highest BCUT2D eigenvalue weighted by Crippen LogP contribution is 2.31. The van der Waals surface area contributed by atoms with Gasteiger partial charge in [-0.25, -0.2) is 4.99 Å². The summed E-state index contributed by atoms with van der Waals surface area (Å²) in [6.45, 7) is 6.25. The Morgan fingerprint density at radius 1 is 1.07 bits per heavy atom. The van der Waals surface area contributed by atoms with Crippen molar-refractivity contribution in [2.24, 2.45) is 4.99 Å². The van der Waals surface area contributed by atoms with Gasteiger partial charge in [0.1, 0.15) is 12.1 Å². The summed E-state index contributed by atoms with van der Waals surface area (Å²) in [6.07, 6.45) is -1.02. The van der Waals surface area contributed by atoms with Gasteiger partial charge in [-0.15, -0.1) is 0 Å². The number of aliphatic imine (C=N–C) groups is 1. The van der Waals surface area contributed by atoms with Gasteiger partial charge in [-0.2, -0.15) is 0 Å². The Kier molecular flexibility index (Phi) is 5.91. The molecule has 0 aromatic heterocycles. The van der Waals surface area contributed by atoms with Crippen molar-refractivity contribution in [1.29, 1.82) is 0 Å². The van der Waals surface area contributed by atoms with Gasteiger partial charge in [-0.05, 0) is 31.9 Å². The first-order valence-corrected chi connectivity index (χ1v) is 9.35. The maximum Gasteiger partial charge on any atom is 0.251 e. The zero-order chi connectivity index (χ0) is 19.4. The van der Waals surface area contributed by atoms with Crippen molar-refractivity contribution in [2.75, 3.05) is 6.61 Å². The van der Waals surface area contributed by atoms with Crippen LogP contribution in [0.25, 0.3) is 0 Å². The fraction of sp³-hybridized carbons (Fsp3) is 0.364. The second kappa shape index (κ2) is 8.35. The predicted molar refractivity (Wildman–Crippen MR) is 105 cm³/mol. The van der Waals surface area contributed by atoms with Crippen LogP contribution in [-0.4, -0.2) is 40.5 Å². The fourth-order valence-corrected chi connectivity index (χ4v) is 3.53. The number of nitrogens with zero attached hydrogens (tertiary/aromatic N) is 2. The molecule has 0 fully saturated rings. The van der Waals surface area contributed by atoms with Crippen molar-refractivity contribution >= 4 is 11.8 Å². The van der Waals surface area contributed by atoms with Crippen LogP contribution in [-0.2, 0) is 9.53 Å². The van der Waals surface area contributed by atoms with E-state index in [1.807, 2.05) is 69.3 Å². The highest BCUT2D eigenvalue weighted by Gasteiger charge is 2.42. The Morgan fingerprint density at radius 2 is 1.63 bits per heavy atom. The van der Waals surface area contributed by atoms with Crippen molar-refractivity contribution in [3.63, 3.8) is 0 Å². The molecule has 142 valence electrons. The quantitative estimate of drug-likeness (QED) is 0.881. The highest BCUT2D eigenvalue weighted by atomic mass is 16.5. The van der Waals surface area contributed by atoms with Crippen LogP contribution in [0, 0.1) is 0 Å². The molecule has 5 heteroatoms. The van der Waals surface area contributed by atoms with Gasteiger partial charge in [0.15, 0.2) is 6.04 Å². The molecule has 4 atom stereocenters.